The molecule has 1 aliphatic carbocycles. The van der Waals surface area contributed by atoms with Crippen LogP contribution in [-0.2, 0) is 18.8 Å². The number of amides is 1. The van der Waals surface area contributed by atoms with E-state index in [4.69, 9.17) is 4.74 Å². The fourth-order valence-corrected chi connectivity index (χ4v) is 4.59. The second kappa shape index (κ2) is 9.50. The van der Waals surface area contributed by atoms with Gasteiger partial charge in [0.25, 0.3) is 5.91 Å². The number of aryl methyl sites for hydroxylation is 2. The summed E-state index contributed by atoms with van der Waals surface area (Å²) in [5.74, 6) is 0.183. The topological polar surface area (TPSA) is 116 Å². The van der Waals surface area contributed by atoms with Crippen LogP contribution < -0.4 is 10.6 Å². The zero-order valence-corrected chi connectivity index (χ0v) is 20.5. The Hall–Kier alpha value is -3.94. The van der Waals surface area contributed by atoms with E-state index >= 15 is 0 Å². The predicted octanol–water partition coefficient (Wildman–Crippen LogP) is 2.80. The summed E-state index contributed by atoms with van der Waals surface area (Å²) < 4.78 is 49.1. The highest BCUT2D eigenvalue weighted by Crippen LogP contribution is 2.34. The molecule has 1 fully saturated rings. The number of imidazole rings is 1. The summed E-state index contributed by atoms with van der Waals surface area (Å²) in [5.41, 5.74) is 0.989. The first-order chi connectivity index (χ1) is 17.6. The van der Waals surface area contributed by atoms with Gasteiger partial charge in [0, 0.05) is 57.6 Å². The number of hydrogen-bond donors (Lipinski definition) is 2. The molecule has 0 saturated heterocycles. The van der Waals surface area contributed by atoms with Crippen molar-refractivity contribution in [3.05, 3.63) is 36.4 Å². The van der Waals surface area contributed by atoms with E-state index < -0.39 is 18.6 Å². The Labute approximate surface area is 209 Å². The number of hydrogen-bond acceptors (Lipinski definition) is 7. The average molecular weight is 518 g/mol. The number of halogens is 3. The maximum Gasteiger partial charge on any atom is 0.405 e. The summed E-state index contributed by atoms with van der Waals surface area (Å²) in [4.78, 5) is 22.3. The van der Waals surface area contributed by atoms with E-state index in [1.807, 2.05) is 5.32 Å². The Morgan fingerprint density at radius 3 is 2.65 bits per heavy atom. The van der Waals surface area contributed by atoms with E-state index in [9.17, 15) is 18.0 Å². The SMILES string of the molecule is CO[C@H]1CC[C@H](Nc2nc(-c3nccn3C)nn3cc(-c4ccn(C)n4)c(C(=O)NCC(F)(F)F)c23)C1. The molecule has 0 spiro atoms. The van der Waals surface area contributed by atoms with E-state index in [1.54, 1.807) is 61.3 Å². The van der Waals surface area contributed by atoms with E-state index in [2.05, 4.69) is 25.5 Å². The fourth-order valence-electron chi connectivity index (χ4n) is 4.59. The molecule has 2 N–H and O–H groups in total. The number of fused-ring (bicyclic) bond motifs is 1. The molecule has 1 saturated carbocycles. The molecule has 4 aromatic heterocycles. The quantitative estimate of drug-likeness (QED) is 0.387. The predicted molar refractivity (Wildman–Crippen MR) is 128 cm³/mol. The van der Waals surface area contributed by atoms with Gasteiger partial charge < -0.3 is 19.9 Å². The molecule has 11 nitrogen and oxygen atoms in total. The molecule has 1 aliphatic rings. The van der Waals surface area contributed by atoms with Crippen LogP contribution in [-0.4, -0.2) is 71.8 Å². The van der Waals surface area contributed by atoms with Gasteiger partial charge in [-0.05, 0) is 25.3 Å². The van der Waals surface area contributed by atoms with Crippen LogP contribution in [0.4, 0.5) is 19.0 Å². The molecular formula is C23H26F3N9O2. The summed E-state index contributed by atoms with van der Waals surface area (Å²) in [6.45, 7) is -1.47. The first-order valence-electron chi connectivity index (χ1n) is 11.7. The van der Waals surface area contributed by atoms with Gasteiger partial charge in [-0.15, -0.1) is 5.10 Å². The summed E-state index contributed by atoms with van der Waals surface area (Å²) in [6, 6.07) is 1.66. The lowest BCUT2D eigenvalue weighted by atomic mass is 10.1. The van der Waals surface area contributed by atoms with Gasteiger partial charge in [-0.2, -0.15) is 18.3 Å². The standard InChI is InChI=1S/C23H26F3N9O2/c1-33-9-7-27-21(33)20-30-19(29-13-4-5-14(10-13)37-3)18-17(22(36)28-12-23(24,25)26)15(11-35(18)32-20)16-6-8-34(2)31-16/h6-9,11,13-14H,4-5,10,12H2,1-3H3,(H,28,36)(H,29,30,32)/t13-,14-/m0/s1. The second-order valence-electron chi connectivity index (χ2n) is 9.04. The van der Waals surface area contributed by atoms with Crippen molar-refractivity contribution in [3.63, 3.8) is 0 Å². The van der Waals surface area contributed by atoms with Crippen molar-refractivity contribution in [2.24, 2.45) is 14.1 Å². The summed E-state index contributed by atoms with van der Waals surface area (Å²) in [6.07, 6.45) is 4.49. The van der Waals surface area contributed by atoms with E-state index in [0.29, 0.717) is 29.3 Å². The van der Waals surface area contributed by atoms with Crippen molar-refractivity contribution in [3.8, 4) is 22.9 Å². The molecular weight excluding hydrogens is 491 g/mol. The number of alkyl halides is 3. The molecule has 0 aromatic carbocycles. The molecule has 0 radical (unpaired) electrons. The van der Waals surface area contributed by atoms with Crippen molar-refractivity contribution in [2.75, 3.05) is 19.0 Å². The molecule has 0 aliphatic heterocycles. The number of ether oxygens (including phenoxy) is 1. The van der Waals surface area contributed by atoms with Gasteiger partial charge in [0.2, 0.25) is 5.82 Å². The van der Waals surface area contributed by atoms with Crippen LogP contribution in [0.5, 0.6) is 0 Å². The minimum atomic E-state index is -4.57. The molecule has 196 valence electrons. The number of anilines is 1. The molecule has 4 heterocycles. The number of aromatic nitrogens is 7. The Kier molecular flexibility index (Phi) is 6.35. The Morgan fingerprint density at radius 1 is 1.22 bits per heavy atom. The Morgan fingerprint density at radius 2 is 2.03 bits per heavy atom. The number of methoxy groups -OCH3 is 1. The van der Waals surface area contributed by atoms with Crippen LogP contribution in [0.2, 0.25) is 0 Å². The highest BCUT2D eigenvalue weighted by Gasteiger charge is 2.32. The molecule has 4 aromatic rings. The smallest absolute Gasteiger partial charge is 0.381 e. The van der Waals surface area contributed by atoms with Crippen molar-refractivity contribution in [1.82, 2.24) is 39.2 Å². The number of carbonyl (C=O) groups excluding carboxylic acids is 1. The largest absolute Gasteiger partial charge is 0.405 e. The normalized spacial score (nSPS) is 18.0. The van der Waals surface area contributed by atoms with E-state index in [0.717, 1.165) is 12.8 Å². The lowest BCUT2D eigenvalue weighted by Crippen LogP contribution is -2.34. The summed E-state index contributed by atoms with van der Waals surface area (Å²) in [5, 5.41) is 14.3. The van der Waals surface area contributed by atoms with Crippen LogP contribution in [0, 0.1) is 0 Å². The third kappa shape index (κ3) is 5.01. The highest BCUT2D eigenvalue weighted by molar-refractivity contribution is 6.09. The van der Waals surface area contributed by atoms with Crippen LogP contribution in [0.25, 0.3) is 28.4 Å². The summed E-state index contributed by atoms with van der Waals surface area (Å²) >= 11 is 0. The van der Waals surface area contributed by atoms with Gasteiger partial charge >= 0.3 is 6.18 Å². The molecule has 2 atom stereocenters. The molecule has 5 rings (SSSR count). The van der Waals surface area contributed by atoms with Gasteiger partial charge in [0.1, 0.15) is 12.1 Å². The maximum absolute atomic E-state index is 13.2. The van der Waals surface area contributed by atoms with E-state index in [1.165, 1.54) is 4.52 Å². The first-order valence-corrected chi connectivity index (χ1v) is 11.7. The number of carbonyl (C=O) groups is 1. The molecule has 14 heteroatoms. The van der Waals surface area contributed by atoms with Crippen LogP contribution in [0.3, 0.4) is 0 Å². The summed E-state index contributed by atoms with van der Waals surface area (Å²) in [7, 11) is 5.17. The van der Waals surface area contributed by atoms with Gasteiger partial charge in [-0.1, -0.05) is 0 Å². The number of rotatable bonds is 7. The van der Waals surface area contributed by atoms with Crippen LogP contribution in [0.15, 0.2) is 30.9 Å². The first kappa shape index (κ1) is 24.7. The van der Waals surface area contributed by atoms with Crippen molar-refractivity contribution >= 4 is 17.2 Å². The molecule has 0 unspecified atom stereocenters. The third-order valence-electron chi connectivity index (χ3n) is 6.38. The Balaban J connectivity index is 1.69. The fraction of sp³-hybridized carbons (Fsp3) is 0.435. The van der Waals surface area contributed by atoms with Crippen molar-refractivity contribution < 1.29 is 22.7 Å². The zero-order valence-electron chi connectivity index (χ0n) is 20.5. The lowest BCUT2D eigenvalue weighted by molar-refractivity contribution is -0.123. The van der Waals surface area contributed by atoms with Crippen LogP contribution >= 0.6 is 0 Å². The van der Waals surface area contributed by atoms with Gasteiger partial charge in [-0.3, -0.25) is 9.48 Å². The van der Waals surface area contributed by atoms with E-state index in [-0.39, 0.29) is 29.1 Å². The maximum atomic E-state index is 13.2. The monoisotopic (exact) mass is 517 g/mol. The number of nitrogens with one attached hydrogen (secondary N) is 2. The van der Waals surface area contributed by atoms with Gasteiger partial charge in [-0.25, -0.2) is 14.5 Å². The van der Waals surface area contributed by atoms with Gasteiger partial charge in [0.15, 0.2) is 11.6 Å². The van der Waals surface area contributed by atoms with Crippen LogP contribution in [0.1, 0.15) is 29.6 Å². The van der Waals surface area contributed by atoms with Crippen molar-refractivity contribution in [2.45, 2.75) is 37.6 Å². The third-order valence-corrected chi connectivity index (χ3v) is 6.38. The highest BCUT2D eigenvalue weighted by atomic mass is 19.4. The second-order valence-corrected chi connectivity index (χ2v) is 9.04. The molecule has 1 amide bonds. The van der Waals surface area contributed by atoms with Gasteiger partial charge in [0.05, 0.1) is 17.4 Å². The molecule has 37 heavy (non-hydrogen) atoms. The lowest BCUT2D eigenvalue weighted by Gasteiger charge is -2.16. The average Bonchev–Trinajstić information content (AvgIpc) is 3.63. The minimum absolute atomic E-state index is 0.00173. The minimum Gasteiger partial charge on any atom is -0.381 e. The Bertz CT molecular complexity index is 1440. The molecule has 0 bridgehead atoms. The van der Waals surface area contributed by atoms with Crippen molar-refractivity contribution in [1.29, 1.82) is 0 Å². The number of nitrogens with zero attached hydrogens (tertiary/aromatic N) is 7. The zero-order chi connectivity index (χ0) is 26.3.